The van der Waals surface area contributed by atoms with Gasteiger partial charge in [0.15, 0.2) is 15.5 Å². The second-order valence-electron chi connectivity index (χ2n) is 11.3. The Bertz CT molecular complexity index is 2090. The first-order valence-electron chi connectivity index (χ1n) is 14.3. The Labute approximate surface area is 257 Å². The van der Waals surface area contributed by atoms with Crippen LogP contribution in [0.1, 0.15) is 53.5 Å². The highest BCUT2D eigenvalue weighted by Crippen LogP contribution is 2.45. The summed E-state index contributed by atoms with van der Waals surface area (Å²) in [5.41, 5.74) is 10.5. The van der Waals surface area contributed by atoms with Gasteiger partial charge in [0.2, 0.25) is 5.82 Å². The van der Waals surface area contributed by atoms with Gasteiger partial charge in [-0.05, 0) is 49.9 Å². The van der Waals surface area contributed by atoms with Gasteiger partial charge in [-0.25, -0.2) is 13.4 Å². The van der Waals surface area contributed by atoms with Crippen molar-refractivity contribution in [3.05, 3.63) is 66.1 Å². The highest BCUT2D eigenvalue weighted by Gasteiger charge is 2.46. The lowest BCUT2D eigenvalue weighted by Gasteiger charge is -2.38. The number of aromatic nitrogens is 7. The van der Waals surface area contributed by atoms with E-state index < -0.39 is 9.84 Å². The van der Waals surface area contributed by atoms with Crippen LogP contribution < -0.4 is 10.5 Å². The molecule has 45 heavy (non-hydrogen) atoms. The van der Waals surface area contributed by atoms with E-state index in [2.05, 4.69) is 31.3 Å². The number of amides is 1. The van der Waals surface area contributed by atoms with E-state index in [1.54, 1.807) is 24.5 Å². The van der Waals surface area contributed by atoms with E-state index in [1.807, 2.05) is 23.1 Å². The minimum Gasteiger partial charge on any atom is -0.495 e. The summed E-state index contributed by atoms with van der Waals surface area (Å²) >= 11 is 0. The standard InChI is InChI=1S/C30H28N10O4S/c1-44-24-8-4-16(9-19(24)12-31)23-7-3-17(13-33-23)22-14-36-40-27(32)26(45(2,42)43)25(37-29(22)40)18-10-20-5-6-21(11-18)39(20)30(41)28-34-15-35-38-28/h3-4,7-9,13-15,18,20-21H,5-6,10-11,32H2,1-2H3,(H,34,35,38)/t18-,20-,21+. The summed E-state index contributed by atoms with van der Waals surface area (Å²) in [6.45, 7) is 0. The van der Waals surface area contributed by atoms with E-state index in [1.165, 1.54) is 18.0 Å². The van der Waals surface area contributed by atoms with Crippen molar-refractivity contribution in [1.82, 2.24) is 39.7 Å². The number of nitrogens with one attached hydrogen (secondary N) is 1. The van der Waals surface area contributed by atoms with Crippen LogP contribution in [-0.4, -0.2) is 79.4 Å². The van der Waals surface area contributed by atoms with Gasteiger partial charge >= 0.3 is 0 Å². The van der Waals surface area contributed by atoms with Crippen LogP contribution in [0.15, 0.2) is 53.9 Å². The summed E-state index contributed by atoms with van der Waals surface area (Å²) in [6.07, 6.45) is 8.43. The number of benzene rings is 1. The van der Waals surface area contributed by atoms with E-state index in [4.69, 9.17) is 15.5 Å². The van der Waals surface area contributed by atoms with Crippen LogP contribution in [0.5, 0.6) is 5.75 Å². The third-order valence-electron chi connectivity index (χ3n) is 8.70. The molecule has 7 rings (SSSR count). The summed E-state index contributed by atoms with van der Waals surface area (Å²) < 4.78 is 32.8. The van der Waals surface area contributed by atoms with Crippen LogP contribution in [0.2, 0.25) is 0 Å². The van der Waals surface area contributed by atoms with Crippen molar-refractivity contribution in [2.75, 3.05) is 19.1 Å². The smallest absolute Gasteiger partial charge is 0.292 e. The molecule has 6 heterocycles. The second kappa shape index (κ2) is 10.7. The molecule has 228 valence electrons. The number of piperidine rings is 1. The van der Waals surface area contributed by atoms with Crippen molar-refractivity contribution in [3.8, 4) is 34.2 Å². The lowest BCUT2D eigenvalue weighted by Crippen LogP contribution is -2.46. The zero-order valence-electron chi connectivity index (χ0n) is 24.4. The highest BCUT2D eigenvalue weighted by molar-refractivity contribution is 7.91. The van der Waals surface area contributed by atoms with Gasteiger partial charge in [0.1, 0.15) is 28.9 Å². The number of nitrogen functional groups attached to an aromatic ring is 1. The van der Waals surface area contributed by atoms with Crippen LogP contribution in [0.25, 0.3) is 28.0 Å². The molecule has 0 saturated carbocycles. The van der Waals surface area contributed by atoms with Crippen LogP contribution in [0.3, 0.4) is 0 Å². The maximum Gasteiger partial charge on any atom is 0.292 e. The molecule has 5 aromatic rings. The molecule has 0 spiro atoms. The Morgan fingerprint density at radius 1 is 1.13 bits per heavy atom. The fourth-order valence-electron chi connectivity index (χ4n) is 6.72. The van der Waals surface area contributed by atoms with Crippen molar-refractivity contribution in [2.24, 2.45) is 0 Å². The molecule has 1 aromatic carbocycles. The van der Waals surface area contributed by atoms with E-state index in [0.717, 1.165) is 24.7 Å². The first kappa shape index (κ1) is 28.4. The molecule has 2 fully saturated rings. The maximum atomic E-state index is 13.2. The Hall–Kier alpha value is -5.36. The normalized spacial score (nSPS) is 19.5. The number of methoxy groups -OCH3 is 1. The third kappa shape index (κ3) is 4.74. The Morgan fingerprint density at radius 2 is 1.89 bits per heavy atom. The van der Waals surface area contributed by atoms with Crippen molar-refractivity contribution < 1.29 is 17.9 Å². The first-order valence-corrected chi connectivity index (χ1v) is 16.2. The molecule has 0 radical (unpaired) electrons. The second-order valence-corrected chi connectivity index (χ2v) is 13.3. The van der Waals surface area contributed by atoms with Gasteiger partial charge < -0.3 is 20.4 Å². The average Bonchev–Trinajstić information content (AvgIpc) is 3.78. The highest BCUT2D eigenvalue weighted by atomic mass is 32.2. The predicted molar refractivity (Wildman–Crippen MR) is 162 cm³/mol. The van der Waals surface area contributed by atoms with Gasteiger partial charge in [-0.3, -0.25) is 9.78 Å². The van der Waals surface area contributed by atoms with Gasteiger partial charge in [-0.1, -0.05) is 6.07 Å². The number of nitriles is 1. The zero-order chi connectivity index (χ0) is 31.5. The fraction of sp³-hybridized carbons (Fsp3) is 0.300. The van der Waals surface area contributed by atoms with E-state index in [-0.39, 0.29) is 40.4 Å². The molecule has 15 heteroatoms. The number of carbonyl (C=O) groups is 1. The number of hydrogen-bond donors (Lipinski definition) is 2. The van der Waals surface area contributed by atoms with Gasteiger partial charge in [-0.2, -0.15) is 14.9 Å². The first-order chi connectivity index (χ1) is 21.7. The number of rotatable bonds is 6. The van der Waals surface area contributed by atoms with Crippen LogP contribution in [-0.2, 0) is 9.84 Å². The summed E-state index contributed by atoms with van der Waals surface area (Å²) in [6, 6.07) is 10.9. The number of fused-ring (bicyclic) bond motifs is 3. The molecular formula is C30H28N10O4S. The summed E-state index contributed by atoms with van der Waals surface area (Å²) in [7, 11) is -2.27. The molecule has 14 nitrogen and oxygen atoms in total. The quantitative estimate of drug-likeness (QED) is 0.281. The summed E-state index contributed by atoms with van der Waals surface area (Å²) in [5.74, 6) is 0.204. The van der Waals surface area contributed by atoms with Gasteiger partial charge in [0.05, 0.1) is 30.3 Å². The van der Waals surface area contributed by atoms with Crippen molar-refractivity contribution in [3.63, 3.8) is 0 Å². The number of hydrogen-bond acceptors (Lipinski definition) is 11. The molecule has 0 aliphatic carbocycles. The Kier molecular flexibility index (Phi) is 6.73. The zero-order valence-corrected chi connectivity index (χ0v) is 25.2. The number of carbonyl (C=O) groups excluding carboxylic acids is 1. The SMILES string of the molecule is COc1ccc(-c2ccc(-c3cnn4c(N)c(S(C)(=O)=O)c([C@@H]5C[C@H]6CC[C@@H](C5)N6C(=O)c5nnc[nH]5)nc34)cn2)cc1C#N. The monoisotopic (exact) mass is 624 g/mol. The Balaban J connectivity index is 1.26. The number of nitrogens with zero attached hydrogens (tertiary/aromatic N) is 8. The van der Waals surface area contributed by atoms with Crippen molar-refractivity contribution in [1.29, 1.82) is 5.26 Å². The predicted octanol–water partition coefficient (Wildman–Crippen LogP) is 2.99. The fourth-order valence-corrected chi connectivity index (χ4v) is 7.78. The molecule has 2 saturated heterocycles. The average molecular weight is 625 g/mol. The Morgan fingerprint density at radius 3 is 2.51 bits per heavy atom. The number of anilines is 1. The largest absolute Gasteiger partial charge is 0.495 e. The molecule has 2 aliphatic heterocycles. The van der Waals surface area contributed by atoms with Crippen LogP contribution in [0, 0.1) is 11.3 Å². The van der Waals surface area contributed by atoms with Gasteiger partial charge in [0, 0.05) is 47.1 Å². The molecule has 3 atom stereocenters. The van der Waals surface area contributed by atoms with E-state index in [9.17, 15) is 18.5 Å². The molecule has 4 aromatic heterocycles. The summed E-state index contributed by atoms with van der Waals surface area (Å²) in [5, 5.41) is 21.5. The minimum atomic E-state index is -3.78. The molecule has 0 unspecified atom stereocenters. The molecule has 2 bridgehead atoms. The number of ether oxygens (including phenoxy) is 1. The van der Waals surface area contributed by atoms with E-state index in [0.29, 0.717) is 52.3 Å². The lowest BCUT2D eigenvalue weighted by atomic mass is 9.87. The molecule has 2 aliphatic rings. The molecule has 3 N–H and O–H groups in total. The minimum absolute atomic E-state index is 0.0110. The number of H-pyrrole nitrogens is 1. The maximum absolute atomic E-state index is 13.2. The number of nitrogens with two attached hydrogens (primary N) is 1. The van der Waals surface area contributed by atoms with Gasteiger partial charge in [0.25, 0.3) is 5.91 Å². The lowest BCUT2D eigenvalue weighted by molar-refractivity contribution is 0.0556. The third-order valence-corrected chi connectivity index (χ3v) is 9.86. The topological polar surface area (TPSA) is 198 Å². The van der Waals surface area contributed by atoms with Crippen LogP contribution in [0.4, 0.5) is 5.82 Å². The summed E-state index contributed by atoms with van der Waals surface area (Å²) in [4.78, 5) is 27.3. The number of aromatic amines is 1. The number of pyridine rings is 1. The van der Waals surface area contributed by atoms with Crippen molar-refractivity contribution >= 4 is 27.2 Å². The number of sulfone groups is 1. The van der Waals surface area contributed by atoms with Crippen molar-refractivity contribution in [2.45, 2.75) is 48.6 Å². The van der Waals surface area contributed by atoms with E-state index >= 15 is 0 Å². The molecule has 1 amide bonds. The van der Waals surface area contributed by atoms with Gasteiger partial charge in [-0.15, -0.1) is 10.2 Å². The molecular weight excluding hydrogens is 596 g/mol. The van der Waals surface area contributed by atoms with Crippen LogP contribution >= 0.6 is 0 Å².